The molecule has 3 nitrogen and oxygen atoms in total. The molecule has 1 aromatic carbocycles. The minimum atomic E-state index is 0.283. The lowest BCUT2D eigenvalue weighted by molar-refractivity contribution is -0.131. The Labute approximate surface area is 127 Å². The Hall–Kier alpha value is -1.35. The number of nitrogens with one attached hydrogen (secondary N) is 1. The van der Waals surface area contributed by atoms with Crippen LogP contribution in [0.3, 0.4) is 0 Å². The van der Waals surface area contributed by atoms with Gasteiger partial charge in [0.1, 0.15) is 0 Å². The molecular weight excluding hydrogens is 260 g/mol. The zero-order valence-corrected chi connectivity index (χ0v) is 13.0. The second-order valence-electron chi connectivity index (χ2n) is 6.65. The molecule has 1 unspecified atom stereocenters. The minimum absolute atomic E-state index is 0.283. The summed E-state index contributed by atoms with van der Waals surface area (Å²) in [5, 5.41) is 3.32. The van der Waals surface area contributed by atoms with Crippen LogP contribution in [0, 0.1) is 12.8 Å². The van der Waals surface area contributed by atoms with Crippen LogP contribution in [0.5, 0.6) is 0 Å². The van der Waals surface area contributed by atoms with Crippen molar-refractivity contribution in [2.45, 2.75) is 45.1 Å². The molecule has 0 radical (unpaired) electrons. The average molecular weight is 286 g/mol. The normalized spacial score (nSPS) is 21.8. The largest absolute Gasteiger partial charge is 0.338 e. The van der Waals surface area contributed by atoms with E-state index in [0.29, 0.717) is 12.6 Å². The lowest BCUT2D eigenvalue weighted by Gasteiger charge is -2.25. The van der Waals surface area contributed by atoms with Gasteiger partial charge in [-0.2, -0.15) is 0 Å². The number of aryl methyl sites for hydroxylation is 1. The van der Waals surface area contributed by atoms with Crippen LogP contribution < -0.4 is 5.32 Å². The molecule has 2 fully saturated rings. The number of hydrogen-bond donors (Lipinski definition) is 1. The van der Waals surface area contributed by atoms with Crippen molar-refractivity contribution in [2.75, 3.05) is 19.6 Å². The molecule has 1 saturated carbocycles. The highest BCUT2D eigenvalue weighted by Gasteiger charge is 2.29. The van der Waals surface area contributed by atoms with E-state index in [-0.39, 0.29) is 5.91 Å². The van der Waals surface area contributed by atoms with E-state index >= 15 is 0 Å². The van der Waals surface area contributed by atoms with Gasteiger partial charge in [-0.25, -0.2) is 0 Å². The zero-order chi connectivity index (χ0) is 14.7. The fraction of sp³-hybridized carbons (Fsp3) is 0.611. The molecule has 1 aliphatic carbocycles. The third-order valence-corrected chi connectivity index (χ3v) is 4.70. The number of likely N-dealkylation sites (tertiary alicyclic amines) is 1. The quantitative estimate of drug-likeness (QED) is 0.871. The maximum absolute atomic E-state index is 12.4. The molecule has 1 aliphatic heterocycles. The standard InChI is InChI=1S/C18H26N2O/c1-14-4-6-15(7-5-14)11-17-3-2-10-20(17)18(21)13-19-12-16-8-9-16/h4-7,16-17,19H,2-3,8-13H2,1H3. The molecule has 0 bridgehead atoms. The monoisotopic (exact) mass is 286 g/mol. The maximum atomic E-state index is 12.4. The molecule has 0 aromatic heterocycles. The molecule has 1 amide bonds. The van der Waals surface area contributed by atoms with Crippen LogP contribution in [0.4, 0.5) is 0 Å². The fourth-order valence-corrected chi connectivity index (χ4v) is 3.18. The summed E-state index contributed by atoms with van der Waals surface area (Å²) >= 11 is 0. The lowest BCUT2D eigenvalue weighted by Crippen LogP contribution is -2.42. The van der Waals surface area contributed by atoms with E-state index in [1.54, 1.807) is 0 Å². The highest BCUT2D eigenvalue weighted by atomic mass is 16.2. The fourth-order valence-electron chi connectivity index (χ4n) is 3.18. The molecule has 1 N–H and O–H groups in total. The molecule has 2 aliphatic rings. The number of nitrogens with zero attached hydrogens (tertiary/aromatic N) is 1. The first-order valence-electron chi connectivity index (χ1n) is 8.28. The third kappa shape index (κ3) is 4.07. The van der Waals surface area contributed by atoms with E-state index in [4.69, 9.17) is 0 Å². The van der Waals surface area contributed by atoms with Crippen molar-refractivity contribution in [1.29, 1.82) is 0 Å². The van der Waals surface area contributed by atoms with Crippen molar-refractivity contribution in [3.63, 3.8) is 0 Å². The number of amides is 1. The van der Waals surface area contributed by atoms with Gasteiger partial charge in [0.25, 0.3) is 0 Å². The third-order valence-electron chi connectivity index (χ3n) is 4.70. The second-order valence-corrected chi connectivity index (χ2v) is 6.65. The summed E-state index contributed by atoms with van der Waals surface area (Å²) in [6, 6.07) is 9.10. The molecule has 1 aromatic rings. The summed E-state index contributed by atoms with van der Waals surface area (Å²) in [6.07, 6.45) is 5.95. The molecule has 21 heavy (non-hydrogen) atoms. The Bertz CT molecular complexity index is 478. The molecular formula is C18H26N2O. The molecule has 0 spiro atoms. The van der Waals surface area contributed by atoms with Crippen molar-refractivity contribution in [1.82, 2.24) is 10.2 Å². The maximum Gasteiger partial charge on any atom is 0.236 e. The van der Waals surface area contributed by atoms with Crippen LogP contribution in [0.1, 0.15) is 36.8 Å². The van der Waals surface area contributed by atoms with Gasteiger partial charge in [-0.05, 0) is 57.1 Å². The second kappa shape index (κ2) is 6.61. The first-order valence-corrected chi connectivity index (χ1v) is 8.28. The number of rotatable bonds is 6. The van der Waals surface area contributed by atoms with Gasteiger partial charge in [0.05, 0.1) is 6.54 Å². The topological polar surface area (TPSA) is 32.3 Å². The summed E-state index contributed by atoms with van der Waals surface area (Å²) in [4.78, 5) is 14.5. The highest BCUT2D eigenvalue weighted by molar-refractivity contribution is 5.78. The number of carbonyl (C=O) groups excluding carboxylic acids is 1. The van der Waals surface area contributed by atoms with Crippen molar-refractivity contribution in [3.8, 4) is 0 Å². The highest BCUT2D eigenvalue weighted by Crippen LogP contribution is 2.27. The van der Waals surface area contributed by atoms with Gasteiger partial charge in [0, 0.05) is 12.6 Å². The van der Waals surface area contributed by atoms with Gasteiger partial charge in [0.2, 0.25) is 5.91 Å². The SMILES string of the molecule is Cc1ccc(CC2CCCN2C(=O)CNCC2CC2)cc1. The van der Waals surface area contributed by atoms with E-state index in [9.17, 15) is 4.79 Å². The Kier molecular flexibility index (Phi) is 4.59. The van der Waals surface area contributed by atoms with E-state index in [1.165, 1.54) is 24.0 Å². The Balaban J connectivity index is 1.51. The molecule has 1 heterocycles. The molecule has 114 valence electrons. The predicted octanol–water partition coefficient (Wildman–Crippen LogP) is 2.53. The smallest absolute Gasteiger partial charge is 0.236 e. The summed E-state index contributed by atoms with van der Waals surface area (Å²) in [6.45, 7) is 4.57. The van der Waals surface area contributed by atoms with E-state index in [2.05, 4.69) is 41.4 Å². The van der Waals surface area contributed by atoms with Crippen LogP contribution in [0.2, 0.25) is 0 Å². The predicted molar refractivity (Wildman–Crippen MR) is 85.2 cm³/mol. The summed E-state index contributed by atoms with van der Waals surface area (Å²) in [5.74, 6) is 1.12. The molecule has 3 rings (SSSR count). The van der Waals surface area contributed by atoms with Crippen LogP contribution in [-0.4, -0.2) is 36.5 Å². The van der Waals surface area contributed by atoms with Crippen molar-refractivity contribution in [3.05, 3.63) is 35.4 Å². The van der Waals surface area contributed by atoms with E-state index < -0.39 is 0 Å². The van der Waals surface area contributed by atoms with Crippen LogP contribution in [0.15, 0.2) is 24.3 Å². The zero-order valence-electron chi connectivity index (χ0n) is 13.0. The minimum Gasteiger partial charge on any atom is -0.338 e. The van der Waals surface area contributed by atoms with Gasteiger partial charge >= 0.3 is 0 Å². The molecule has 1 atom stereocenters. The van der Waals surface area contributed by atoms with Gasteiger partial charge < -0.3 is 10.2 Å². The van der Waals surface area contributed by atoms with E-state index in [1.807, 2.05) is 0 Å². The summed E-state index contributed by atoms with van der Waals surface area (Å²) < 4.78 is 0. The Morgan fingerprint density at radius 2 is 2.00 bits per heavy atom. The van der Waals surface area contributed by atoms with Crippen LogP contribution >= 0.6 is 0 Å². The first kappa shape index (κ1) is 14.6. The van der Waals surface area contributed by atoms with Gasteiger partial charge in [0.15, 0.2) is 0 Å². The van der Waals surface area contributed by atoms with Crippen molar-refractivity contribution < 1.29 is 4.79 Å². The van der Waals surface area contributed by atoms with Gasteiger partial charge in [-0.3, -0.25) is 4.79 Å². The summed E-state index contributed by atoms with van der Waals surface area (Å²) in [5.41, 5.74) is 2.64. The van der Waals surface area contributed by atoms with Crippen LogP contribution in [0.25, 0.3) is 0 Å². The lowest BCUT2D eigenvalue weighted by atomic mass is 10.0. The number of hydrogen-bond acceptors (Lipinski definition) is 2. The average Bonchev–Trinajstić information content (AvgIpc) is 3.18. The summed E-state index contributed by atoms with van der Waals surface area (Å²) in [7, 11) is 0. The number of benzene rings is 1. The molecule has 3 heteroatoms. The van der Waals surface area contributed by atoms with Gasteiger partial charge in [-0.15, -0.1) is 0 Å². The van der Waals surface area contributed by atoms with Crippen LogP contribution in [-0.2, 0) is 11.2 Å². The van der Waals surface area contributed by atoms with Gasteiger partial charge in [-0.1, -0.05) is 29.8 Å². The first-order chi connectivity index (χ1) is 10.2. The van der Waals surface area contributed by atoms with Crippen molar-refractivity contribution >= 4 is 5.91 Å². The Morgan fingerprint density at radius 1 is 1.24 bits per heavy atom. The molecule has 1 saturated heterocycles. The van der Waals surface area contributed by atoms with E-state index in [0.717, 1.165) is 38.3 Å². The Morgan fingerprint density at radius 3 is 2.71 bits per heavy atom. The number of carbonyl (C=O) groups is 1. The van der Waals surface area contributed by atoms with Crippen molar-refractivity contribution in [2.24, 2.45) is 5.92 Å².